The Morgan fingerprint density at radius 2 is 2.03 bits per heavy atom. The molecule has 0 bridgehead atoms. The van der Waals surface area contributed by atoms with Crippen LogP contribution in [0.15, 0.2) is 12.1 Å². The molecule has 2 amide bonds. The van der Waals surface area contributed by atoms with Crippen LogP contribution in [0.25, 0.3) is 0 Å². The maximum absolute atomic E-state index is 13.5. The third-order valence-corrected chi connectivity index (χ3v) is 6.87. The number of carbonyl (C=O) groups excluding carboxylic acids is 2. The van der Waals surface area contributed by atoms with E-state index in [2.05, 4.69) is 29.1 Å². The highest BCUT2D eigenvalue weighted by atomic mass is 19.1. The Hall–Kier alpha value is -2.22. The van der Waals surface area contributed by atoms with Gasteiger partial charge in [-0.15, -0.1) is 0 Å². The number of aromatic nitrogens is 1. The topological polar surface area (TPSA) is 80.8 Å². The Kier molecular flexibility index (Phi) is 7.83. The average Bonchev–Trinajstić information content (AvgIpc) is 3.75. The zero-order valence-corrected chi connectivity index (χ0v) is 19.7. The number of amides is 2. The minimum absolute atomic E-state index is 0.00300. The summed E-state index contributed by atoms with van der Waals surface area (Å²) >= 11 is 0. The van der Waals surface area contributed by atoms with E-state index in [1.165, 1.54) is 7.11 Å². The van der Waals surface area contributed by atoms with E-state index in [1.807, 2.05) is 4.90 Å². The fourth-order valence-electron chi connectivity index (χ4n) is 4.69. The smallest absolute Gasteiger partial charge is 0.406 e. The molecule has 33 heavy (non-hydrogen) atoms. The lowest BCUT2D eigenvalue weighted by Gasteiger charge is -2.36. The predicted molar refractivity (Wildman–Crippen MR) is 122 cm³/mol. The lowest BCUT2D eigenvalue weighted by Crippen LogP contribution is -2.46. The van der Waals surface area contributed by atoms with Gasteiger partial charge in [0.1, 0.15) is 12.8 Å². The molecule has 0 spiro atoms. The first-order valence-corrected chi connectivity index (χ1v) is 12.4. The predicted octanol–water partition coefficient (Wildman–Crippen LogP) is 4.21. The summed E-state index contributed by atoms with van der Waals surface area (Å²) in [5, 5.41) is 2.71. The van der Waals surface area contributed by atoms with Gasteiger partial charge < -0.3 is 19.7 Å². The molecule has 2 heterocycles. The van der Waals surface area contributed by atoms with E-state index in [0.717, 1.165) is 61.9 Å². The highest BCUT2D eigenvalue weighted by Gasteiger charge is 2.41. The first kappa shape index (κ1) is 23.9. The van der Waals surface area contributed by atoms with E-state index < -0.39 is 25.0 Å². The summed E-state index contributed by atoms with van der Waals surface area (Å²) in [5.41, 5.74) is 3.19. The molecule has 1 aromatic heterocycles. The average molecular weight is 462 g/mol. The molecule has 2 aliphatic carbocycles. The number of rotatable bonds is 10. The fraction of sp³-hybridized carbons (Fsp3) is 0.720. The van der Waals surface area contributed by atoms with Gasteiger partial charge in [0.05, 0.1) is 19.3 Å². The van der Waals surface area contributed by atoms with Gasteiger partial charge in [-0.3, -0.25) is 9.78 Å². The van der Waals surface area contributed by atoms with Crippen molar-refractivity contribution in [3.05, 3.63) is 29.1 Å². The summed E-state index contributed by atoms with van der Waals surface area (Å²) in [6.45, 7) is 2.07. The number of hydrogen-bond acceptors (Lipinski definition) is 5. The first-order chi connectivity index (χ1) is 16.0. The van der Waals surface area contributed by atoms with Crippen molar-refractivity contribution in [1.29, 1.82) is 0 Å². The van der Waals surface area contributed by atoms with Crippen LogP contribution in [-0.4, -0.2) is 60.5 Å². The number of halogens is 1. The lowest BCUT2D eigenvalue weighted by molar-refractivity contribution is -0.156. The van der Waals surface area contributed by atoms with Gasteiger partial charge in [-0.05, 0) is 82.4 Å². The number of nitrogens with zero attached hydrogens (tertiary/aromatic N) is 2. The van der Waals surface area contributed by atoms with Crippen molar-refractivity contribution < 1.29 is 23.5 Å². The summed E-state index contributed by atoms with van der Waals surface area (Å²) in [4.78, 5) is 31.6. The summed E-state index contributed by atoms with van der Waals surface area (Å²) in [6.07, 6.45) is 6.54. The number of ether oxygens (including phenoxy) is 2. The van der Waals surface area contributed by atoms with Gasteiger partial charge in [-0.25, -0.2) is 9.18 Å². The number of carbonyl (C=O) groups is 2. The molecule has 1 aliphatic heterocycles. The third-order valence-electron chi connectivity index (χ3n) is 6.87. The molecule has 8 heteroatoms. The summed E-state index contributed by atoms with van der Waals surface area (Å²) < 4.78 is 23.6. The van der Waals surface area contributed by atoms with Crippen LogP contribution >= 0.6 is 0 Å². The van der Waals surface area contributed by atoms with E-state index in [9.17, 15) is 14.0 Å². The summed E-state index contributed by atoms with van der Waals surface area (Å²) in [5.74, 6) is 0.498. The quantitative estimate of drug-likeness (QED) is 0.528. The van der Waals surface area contributed by atoms with Gasteiger partial charge >= 0.3 is 6.09 Å². The van der Waals surface area contributed by atoms with Crippen LogP contribution < -0.4 is 5.32 Å². The van der Waals surface area contributed by atoms with Crippen molar-refractivity contribution in [2.75, 3.05) is 20.3 Å². The third kappa shape index (κ3) is 6.22. The van der Waals surface area contributed by atoms with Gasteiger partial charge in [0.15, 0.2) is 0 Å². The Balaban J connectivity index is 1.48. The van der Waals surface area contributed by atoms with E-state index >= 15 is 0 Å². The van der Waals surface area contributed by atoms with Gasteiger partial charge in [0.25, 0.3) is 5.91 Å². The van der Waals surface area contributed by atoms with Crippen molar-refractivity contribution in [1.82, 2.24) is 15.2 Å². The van der Waals surface area contributed by atoms with Crippen LogP contribution in [0.4, 0.5) is 9.18 Å². The van der Waals surface area contributed by atoms with E-state index in [4.69, 9.17) is 9.72 Å². The van der Waals surface area contributed by atoms with Gasteiger partial charge in [-0.1, -0.05) is 0 Å². The molecule has 0 unspecified atom stereocenters. The fourth-order valence-corrected chi connectivity index (χ4v) is 4.69. The van der Waals surface area contributed by atoms with Crippen molar-refractivity contribution in [3.63, 3.8) is 0 Å². The molecule has 4 rings (SSSR count). The Morgan fingerprint density at radius 1 is 1.24 bits per heavy atom. The van der Waals surface area contributed by atoms with Crippen LogP contribution in [-0.2, 0) is 20.7 Å². The molecule has 1 saturated heterocycles. The zero-order chi connectivity index (χ0) is 23.4. The molecule has 1 N–H and O–H groups in total. The Labute approximate surface area is 195 Å². The minimum atomic E-state index is -0.545. The monoisotopic (exact) mass is 461 g/mol. The molecule has 3 atom stereocenters. The molecule has 3 aliphatic rings. The normalized spacial score (nSPS) is 23.6. The maximum Gasteiger partial charge on any atom is 0.406 e. The Bertz CT molecular complexity index is 843. The van der Waals surface area contributed by atoms with Crippen LogP contribution in [0.1, 0.15) is 87.2 Å². The second kappa shape index (κ2) is 10.8. The van der Waals surface area contributed by atoms with Crippen molar-refractivity contribution in [2.45, 2.75) is 94.9 Å². The standard InChI is InChI=1S/C25H36FN3O4/c1-16(29(20-10-11-20)24(30)23-7-3-6-21(15-26)33-23)18-13-19(5-4-12-27-25(31)32-2)28-22(14-18)17-8-9-17/h13-14,16-17,20-21,23H,3-12,15H2,1-2H3,(H,27,31)/t16-,21+,23-/m1/s1. The largest absolute Gasteiger partial charge is 0.453 e. The van der Waals surface area contributed by atoms with Crippen molar-refractivity contribution >= 4 is 12.0 Å². The molecule has 0 aromatic carbocycles. The molecule has 7 nitrogen and oxygen atoms in total. The number of alkyl halides is 1. The molecule has 182 valence electrons. The highest BCUT2D eigenvalue weighted by Crippen LogP contribution is 2.41. The molecule has 2 saturated carbocycles. The zero-order valence-electron chi connectivity index (χ0n) is 19.7. The van der Waals surface area contributed by atoms with E-state index in [1.54, 1.807) is 0 Å². The SMILES string of the molecule is COC(=O)NCCCc1cc([C@@H](C)N(C(=O)[C@H]2CCC[C@@H](CF)O2)C2CC2)cc(C2CC2)n1. The lowest BCUT2D eigenvalue weighted by atomic mass is 9.99. The molecule has 3 fully saturated rings. The van der Waals surface area contributed by atoms with Gasteiger partial charge in [0, 0.05) is 29.9 Å². The molecule has 1 aromatic rings. The molecular formula is C25H36FN3O4. The van der Waals surface area contributed by atoms with Crippen LogP contribution in [0.2, 0.25) is 0 Å². The number of nitrogens with one attached hydrogen (secondary N) is 1. The van der Waals surface area contributed by atoms with E-state index in [0.29, 0.717) is 25.3 Å². The van der Waals surface area contributed by atoms with Crippen LogP contribution in [0.5, 0.6) is 0 Å². The molecule has 0 radical (unpaired) electrons. The summed E-state index contributed by atoms with van der Waals surface area (Å²) in [6, 6.07) is 4.40. The van der Waals surface area contributed by atoms with Crippen molar-refractivity contribution in [2.24, 2.45) is 0 Å². The van der Waals surface area contributed by atoms with Gasteiger partial charge in [0.2, 0.25) is 0 Å². The highest BCUT2D eigenvalue weighted by molar-refractivity contribution is 5.82. The van der Waals surface area contributed by atoms with Gasteiger partial charge in [-0.2, -0.15) is 0 Å². The minimum Gasteiger partial charge on any atom is -0.453 e. The maximum atomic E-state index is 13.5. The first-order valence-electron chi connectivity index (χ1n) is 12.4. The van der Waals surface area contributed by atoms with Crippen LogP contribution in [0, 0.1) is 0 Å². The Morgan fingerprint density at radius 3 is 2.70 bits per heavy atom. The summed E-state index contributed by atoms with van der Waals surface area (Å²) in [7, 11) is 1.35. The number of methoxy groups -OCH3 is 1. The van der Waals surface area contributed by atoms with E-state index in [-0.39, 0.29) is 18.0 Å². The number of pyridine rings is 1. The second-order valence-corrected chi connectivity index (χ2v) is 9.60. The van der Waals surface area contributed by atoms with Crippen molar-refractivity contribution in [3.8, 4) is 0 Å². The second-order valence-electron chi connectivity index (χ2n) is 9.60. The number of aryl methyl sites for hydroxylation is 1. The number of alkyl carbamates (subject to hydrolysis) is 1. The van der Waals surface area contributed by atoms with Crippen LogP contribution in [0.3, 0.4) is 0 Å². The molecular weight excluding hydrogens is 425 g/mol. The number of hydrogen-bond donors (Lipinski definition) is 1.